The SMILES string of the molecule is CN(CCS/C(=N/N)N(N)c1ccccc1)C(=O)OC(C)(C)C. The second-order valence-electron chi connectivity index (χ2n) is 5.87. The zero-order valence-corrected chi connectivity index (χ0v) is 14.8. The molecule has 23 heavy (non-hydrogen) atoms. The number of carbonyl (C=O) groups excluding carboxylic acids is 1. The largest absolute Gasteiger partial charge is 0.444 e. The summed E-state index contributed by atoms with van der Waals surface area (Å²) in [4.78, 5) is 13.4. The fourth-order valence-electron chi connectivity index (χ4n) is 1.57. The van der Waals surface area contributed by atoms with Crippen molar-refractivity contribution in [2.75, 3.05) is 24.4 Å². The Morgan fingerprint density at radius 3 is 2.43 bits per heavy atom. The molecule has 128 valence electrons. The van der Waals surface area contributed by atoms with Crippen LogP contribution in [0.1, 0.15) is 20.8 Å². The van der Waals surface area contributed by atoms with Crippen LogP contribution in [0.4, 0.5) is 10.5 Å². The molecular weight excluding hydrogens is 314 g/mol. The highest BCUT2D eigenvalue weighted by Crippen LogP contribution is 2.16. The van der Waals surface area contributed by atoms with E-state index < -0.39 is 5.60 Å². The molecule has 0 aliphatic heterocycles. The maximum absolute atomic E-state index is 11.9. The van der Waals surface area contributed by atoms with E-state index in [0.29, 0.717) is 17.5 Å². The number of hydrazone groups is 1. The van der Waals surface area contributed by atoms with Gasteiger partial charge in [-0.15, -0.1) is 0 Å². The smallest absolute Gasteiger partial charge is 0.410 e. The first kappa shape index (κ1) is 19.1. The second-order valence-corrected chi connectivity index (χ2v) is 6.93. The topological polar surface area (TPSA) is 97.2 Å². The van der Waals surface area contributed by atoms with Gasteiger partial charge in [0.05, 0.1) is 5.69 Å². The van der Waals surface area contributed by atoms with Gasteiger partial charge in [0.25, 0.3) is 0 Å². The van der Waals surface area contributed by atoms with Crippen LogP contribution in [-0.4, -0.2) is 41.1 Å². The molecule has 0 saturated carbocycles. The summed E-state index contributed by atoms with van der Waals surface area (Å²) in [6.07, 6.45) is -0.364. The Hall–Kier alpha value is -1.93. The molecule has 0 aliphatic carbocycles. The number of para-hydroxylation sites is 1. The number of anilines is 1. The molecular formula is C15H25N5O2S. The summed E-state index contributed by atoms with van der Waals surface area (Å²) in [6, 6.07) is 9.38. The lowest BCUT2D eigenvalue weighted by Gasteiger charge is -2.25. The molecule has 4 N–H and O–H groups in total. The average molecular weight is 339 g/mol. The molecule has 0 aliphatic rings. The van der Waals surface area contributed by atoms with Crippen molar-refractivity contribution in [3.05, 3.63) is 30.3 Å². The number of carbonyl (C=O) groups is 1. The van der Waals surface area contributed by atoms with Gasteiger partial charge in [-0.05, 0) is 32.9 Å². The molecule has 1 aromatic rings. The first-order valence-electron chi connectivity index (χ1n) is 7.19. The molecule has 0 bridgehead atoms. The Morgan fingerprint density at radius 2 is 1.91 bits per heavy atom. The van der Waals surface area contributed by atoms with Crippen molar-refractivity contribution < 1.29 is 9.53 Å². The lowest BCUT2D eigenvalue weighted by Crippen LogP contribution is -2.38. The van der Waals surface area contributed by atoms with Gasteiger partial charge >= 0.3 is 6.09 Å². The Balaban J connectivity index is 2.48. The van der Waals surface area contributed by atoms with Gasteiger partial charge in [0, 0.05) is 19.3 Å². The quantitative estimate of drug-likeness (QED) is 0.378. The van der Waals surface area contributed by atoms with Gasteiger partial charge in [-0.1, -0.05) is 30.0 Å². The van der Waals surface area contributed by atoms with Crippen LogP contribution < -0.4 is 16.7 Å². The van der Waals surface area contributed by atoms with Crippen LogP contribution in [0.2, 0.25) is 0 Å². The number of benzene rings is 1. The lowest BCUT2D eigenvalue weighted by atomic mass is 10.2. The Bertz CT molecular complexity index is 530. The van der Waals surface area contributed by atoms with Gasteiger partial charge in [-0.2, -0.15) is 5.10 Å². The predicted molar refractivity (Wildman–Crippen MR) is 96.1 cm³/mol. The maximum Gasteiger partial charge on any atom is 0.410 e. The number of hydrogen-bond donors (Lipinski definition) is 2. The van der Waals surface area contributed by atoms with E-state index in [0.717, 1.165) is 5.69 Å². The van der Waals surface area contributed by atoms with E-state index in [1.165, 1.54) is 21.7 Å². The summed E-state index contributed by atoms with van der Waals surface area (Å²) in [7, 11) is 1.69. The molecule has 1 rings (SSSR count). The summed E-state index contributed by atoms with van der Waals surface area (Å²) in [5.74, 6) is 12.0. The molecule has 0 spiro atoms. The van der Waals surface area contributed by atoms with Crippen molar-refractivity contribution in [1.29, 1.82) is 0 Å². The molecule has 0 saturated heterocycles. The molecule has 0 atom stereocenters. The number of nitrogens with two attached hydrogens (primary N) is 2. The number of hydrazine groups is 1. The van der Waals surface area contributed by atoms with E-state index in [4.69, 9.17) is 16.4 Å². The lowest BCUT2D eigenvalue weighted by molar-refractivity contribution is 0.0309. The van der Waals surface area contributed by atoms with Crippen LogP contribution in [0.5, 0.6) is 0 Å². The van der Waals surface area contributed by atoms with Gasteiger partial charge < -0.3 is 15.5 Å². The maximum atomic E-state index is 11.9. The summed E-state index contributed by atoms with van der Waals surface area (Å²) in [6.45, 7) is 5.98. The number of hydrogen-bond acceptors (Lipinski definition) is 6. The first-order valence-corrected chi connectivity index (χ1v) is 8.18. The van der Waals surface area contributed by atoms with Crippen LogP contribution in [0, 0.1) is 0 Å². The molecule has 0 radical (unpaired) electrons. The van der Waals surface area contributed by atoms with Gasteiger partial charge in [-0.25, -0.2) is 10.6 Å². The molecule has 7 nitrogen and oxygen atoms in total. The third kappa shape index (κ3) is 6.79. The number of nitrogens with zero attached hydrogens (tertiary/aromatic N) is 3. The summed E-state index contributed by atoms with van der Waals surface area (Å²) < 4.78 is 5.29. The Morgan fingerprint density at radius 1 is 1.30 bits per heavy atom. The van der Waals surface area contributed by atoms with Gasteiger partial charge in [0.15, 0.2) is 0 Å². The highest BCUT2D eigenvalue weighted by molar-refractivity contribution is 8.14. The summed E-state index contributed by atoms with van der Waals surface area (Å²) >= 11 is 1.36. The minimum Gasteiger partial charge on any atom is -0.444 e. The zero-order chi connectivity index (χ0) is 17.5. The van der Waals surface area contributed by atoms with Gasteiger partial charge in [0.2, 0.25) is 5.17 Å². The minimum atomic E-state index is -0.510. The Kier molecular flexibility index (Phi) is 7.18. The number of amides is 1. The van der Waals surface area contributed by atoms with E-state index in [-0.39, 0.29) is 6.09 Å². The third-order valence-corrected chi connectivity index (χ3v) is 3.66. The van der Waals surface area contributed by atoms with Crippen molar-refractivity contribution >= 4 is 28.7 Å². The summed E-state index contributed by atoms with van der Waals surface area (Å²) in [5.41, 5.74) is 0.272. The third-order valence-electron chi connectivity index (χ3n) is 2.71. The highest BCUT2D eigenvalue weighted by Gasteiger charge is 2.19. The minimum absolute atomic E-state index is 0.364. The van der Waals surface area contributed by atoms with Crippen molar-refractivity contribution in [3.63, 3.8) is 0 Å². The highest BCUT2D eigenvalue weighted by atomic mass is 32.2. The van der Waals surface area contributed by atoms with E-state index in [1.807, 2.05) is 51.1 Å². The predicted octanol–water partition coefficient (Wildman–Crippen LogP) is 2.20. The van der Waals surface area contributed by atoms with Crippen molar-refractivity contribution in [1.82, 2.24) is 4.90 Å². The van der Waals surface area contributed by atoms with Crippen LogP contribution in [0.25, 0.3) is 0 Å². The number of thioether (sulfide) groups is 1. The number of amidine groups is 1. The molecule has 1 amide bonds. The van der Waals surface area contributed by atoms with Crippen molar-refractivity contribution in [2.45, 2.75) is 26.4 Å². The molecule has 1 aromatic carbocycles. The molecule has 0 fully saturated rings. The van der Waals surface area contributed by atoms with E-state index >= 15 is 0 Å². The molecule has 0 heterocycles. The van der Waals surface area contributed by atoms with Gasteiger partial charge in [0.1, 0.15) is 5.60 Å². The summed E-state index contributed by atoms with van der Waals surface area (Å²) in [5, 5.41) is 5.59. The molecule has 0 unspecified atom stereocenters. The van der Waals surface area contributed by atoms with Crippen LogP contribution in [0.3, 0.4) is 0 Å². The monoisotopic (exact) mass is 339 g/mol. The average Bonchev–Trinajstić information content (AvgIpc) is 2.50. The van der Waals surface area contributed by atoms with Crippen molar-refractivity contribution in [3.8, 4) is 0 Å². The van der Waals surface area contributed by atoms with Crippen molar-refractivity contribution in [2.24, 2.45) is 16.8 Å². The van der Waals surface area contributed by atoms with Gasteiger partial charge in [-0.3, -0.25) is 5.01 Å². The first-order chi connectivity index (χ1) is 10.7. The fourth-order valence-corrected chi connectivity index (χ4v) is 2.44. The second kappa shape index (κ2) is 8.64. The van der Waals surface area contributed by atoms with E-state index in [2.05, 4.69) is 5.10 Å². The zero-order valence-electron chi connectivity index (χ0n) is 14.0. The Labute approximate surface area is 141 Å². The molecule has 0 aromatic heterocycles. The standard InChI is InChI=1S/C15H25N5O2S/c1-15(2,3)22-14(21)19(4)10-11-23-13(18-16)20(17)12-8-6-5-7-9-12/h5-9H,10-11,16-17H2,1-4H3/b18-13+. The normalized spacial score (nSPS) is 12.0. The van der Waals surface area contributed by atoms with Crippen LogP contribution >= 0.6 is 11.8 Å². The van der Waals surface area contributed by atoms with Crippen LogP contribution in [-0.2, 0) is 4.74 Å². The molecule has 8 heteroatoms. The van der Waals surface area contributed by atoms with E-state index in [9.17, 15) is 4.79 Å². The van der Waals surface area contributed by atoms with E-state index in [1.54, 1.807) is 7.05 Å². The number of rotatable bonds is 4. The fraction of sp³-hybridized carbons (Fsp3) is 0.467. The van der Waals surface area contributed by atoms with Crippen LogP contribution in [0.15, 0.2) is 35.4 Å². The number of ether oxygens (including phenoxy) is 1.